The molecule has 84 valence electrons. The fraction of sp³-hybridized carbons (Fsp3) is 0.300. The molecule has 1 aromatic carbocycles. The number of anilines is 1. The number of aryl methyl sites for hydroxylation is 1. The minimum atomic E-state index is -0.390. The van der Waals surface area contributed by atoms with E-state index in [2.05, 4.69) is 0 Å². The minimum absolute atomic E-state index is 0.133. The lowest BCUT2D eigenvalue weighted by atomic mass is 10.1. The van der Waals surface area contributed by atoms with Gasteiger partial charge in [-0.05, 0) is 18.6 Å². The number of carbonyl (C=O) groups is 1. The summed E-state index contributed by atoms with van der Waals surface area (Å²) in [5.74, 6) is 0. The molecular formula is C10H11N2O4+. The Morgan fingerprint density at radius 1 is 1.50 bits per heavy atom. The molecule has 0 aromatic heterocycles. The molecule has 0 bridgehead atoms. The molecule has 1 fully saturated rings. The molecule has 1 heterocycles. The molecule has 0 unspecified atom stereocenters. The van der Waals surface area contributed by atoms with E-state index in [0.717, 1.165) is 5.56 Å². The molecule has 1 N–H and O–H groups in total. The second kappa shape index (κ2) is 3.80. The summed E-state index contributed by atoms with van der Waals surface area (Å²) >= 11 is 0. The highest BCUT2D eigenvalue weighted by molar-refractivity contribution is 5.90. The number of benzene rings is 1. The first-order valence-electron chi connectivity index (χ1n) is 4.80. The zero-order valence-electron chi connectivity index (χ0n) is 8.71. The Kier molecular flexibility index (Phi) is 2.47. The van der Waals surface area contributed by atoms with Crippen LogP contribution < -0.4 is 4.90 Å². The number of ether oxygens (including phenoxy) is 1. The third kappa shape index (κ3) is 1.69. The number of amides is 1. The number of rotatable bonds is 2. The van der Waals surface area contributed by atoms with Crippen molar-refractivity contribution in [3.05, 3.63) is 28.7 Å². The average molecular weight is 223 g/mol. The molecule has 1 aromatic rings. The lowest BCUT2D eigenvalue weighted by Crippen LogP contribution is -2.24. The largest absolute Gasteiger partial charge is 0.447 e. The van der Waals surface area contributed by atoms with Gasteiger partial charge in [0.15, 0.2) is 0 Å². The van der Waals surface area contributed by atoms with Crippen molar-refractivity contribution in [3.8, 4) is 0 Å². The van der Waals surface area contributed by atoms with Crippen LogP contribution in [0.3, 0.4) is 0 Å². The number of nitrogens with zero attached hydrogens (tertiary/aromatic N) is 2. The van der Waals surface area contributed by atoms with Crippen molar-refractivity contribution < 1.29 is 19.7 Å². The van der Waals surface area contributed by atoms with E-state index in [1.165, 1.54) is 17.0 Å². The van der Waals surface area contributed by atoms with Crippen molar-refractivity contribution in [2.45, 2.75) is 6.92 Å². The van der Waals surface area contributed by atoms with Gasteiger partial charge in [0.05, 0.1) is 17.1 Å². The molecule has 1 saturated heterocycles. The van der Waals surface area contributed by atoms with Crippen molar-refractivity contribution in [1.29, 1.82) is 0 Å². The first-order chi connectivity index (χ1) is 7.59. The normalized spacial score (nSPS) is 15.1. The summed E-state index contributed by atoms with van der Waals surface area (Å²) in [7, 11) is 0. The van der Waals surface area contributed by atoms with E-state index in [9.17, 15) is 9.70 Å². The Bertz CT molecular complexity index is 458. The zero-order chi connectivity index (χ0) is 11.7. The van der Waals surface area contributed by atoms with Gasteiger partial charge in [-0.2, -0.15) is 0 Å². The smallest absolute Gasteiger partial charge is 0.414 e. The van der Waals surface area contributed by atoms with E-state index in [0.29, 0.717) is 18.8 Å². The number of carbonyl (C=O) groups excluding carboxylic acids is 1. The molecule has 6 heteroatoms. The first kappa shape index (κ1) is 10.4. The zero-order valence-corrected chi connectivity index (χ0v) is 8.71. The van der Waals surface area contributed by atoms with E-state index < -0.39 is 0 Å². The van der Waals surface area contributed by atoms with E-state index in [1.807, 2.05) is 0 Å². The van der Waals surface area contributed by atoms with Crippen LogP contribution in [0.15, 0.2) is 18.2 Å². The third-order valence-corrected chi connectivity index (χ3v) is 2.45. The standard InChI is InChI=1S/C10H11N2O4/c1-7-6-8(12(14)15)2-3-9(7)11-4-5-16-10(11)13/h2-3,6H,4-5H2,1H3,(H,14,15)/q+1. The van der Waals surface area contributed by atoms with Crippen LogP contribution in [0.1, 0.15) is 5.56 Å². The Hall–Kier alpha value is -2.11. The lowest BCUT2D eigenvalue weighted by molar-refractivity contribution is -0.729. The van der Waals surface area contributed by atoms with Gasteiger partial charge in [-0.3, -0.25) is 4.90 Å². The van der Waals surface area contributed by atoms with Crippen LogP contribution >= 0.6 is 0 Å². The van der Waals surface area contributed by atoms with Crippen LogP contribution in [0.4, 0.5) is 16.2 Å². The van der Waals surface area contributed by atoms with Gasteiger partial charge < -0.3 is 4.74 Å². The van der Waals surface area contributed by atoms with Crippen LogP contribution in [0.25, 0.3) is 0 Å². The summed E-state index contributed by atoms with van der Waals surface area (Å²) in [6, 6.07) is 4.56. The maximum atomic E-state index is 11.3. The SMILES string of the molecule is Cc1cc([N+](=O)O)ccc1N1CCOC1=O. The molecular weight excluding hydrogens is 212 g/mol. The minimum Gasteiger partial charge on any atom is -0.447 e. The molecule has 2 rings (SSSR count). The molecule has 6 nitrogen and oxygen atoms in total. The summed E-state index contributed by atoms with van der Waals surface area (Å²) in [4.78, 5) is 23.3. The fourth-order valence-electron chi connectivity index (χ4n) is 1.67. The molecule has 0 saturated carbocycles. The summed E-state index contributed by atoms with van der Waals surface area (Å²) < 4.78 is 4.82. The van der Waals surface area contributed by atoms with Gasteiger partial charge in [-0.25, -0.2) is 10.0 Å². The maximum absolute atomic E-state index is 11.3. The van der Waals surface area contributed by atoms with Crippen LogP contribution in [0.2, 0.25) is 0 Å². The third-order valence-electron chi connectivity index (χ3n) is 2.45. The molecule has 0 radical (unpaired) electrons. The number of cyclic esters (lactones) is 1. The highest BCUT2D eigenvalue weighted by Crippen LogP contribution is 2.26. The van der Waals surface area contributed by atoms with Crippen molar-refractivity contribution in [2.75, 3.05) is 18.1 Å². The number of hydrogen-bond acceptors (Lipinski definition) is 3. The summed E-state index contributed by atoms with van der Waals surface area (Å²) in [5, 5.41) is 8.73. The Morgan fingerprint density at radius 3 is 2.75 bits per heavy atom. The van der Waals surface area contributed by atoms with Crippen LogP contribution in [-0.4, -0.2) is 29.4 Å². The lowest BCUT2D eigenvalue weighted by Gasteiger charge is -2.14. The predicted molar refractivity (Wildman–Crippen MR) is 54.9 cm³/mol. The van der Waals surface area contributed by atoms with Gasteiger partial charge in [-0.15, -0.1) is 0 Å². The van der Waals surface area contributed by atoms with Gasteiger partial charge in [-0.1, -0.05) is 0 Å². The summed E-state index contributed by atoms with van der Waals surface area (Å²) in [5.41, 5.74) is 1.55. The second-order valence-corrected chi connectivity index (χ2v) is 3.51. The summed E-state index contributed by atoms with van der Waals surface area (Å²) in [6.07, 6.45) is -0.390. The maximum Gasteiger partial charge on any atom is 0.414 e. The van der Waals surface area contributed by atoms with Crippen molar-refractivity contribution in [3.63, 3.8) is 0 Å². The topological polar surface area (TPSA) is 69.8 Å². The van der Waals surface area contributed by atoms with Crippen molar-refractivity contribution >= 4 is 17.5 Å². The van der Waals surface area contributed by atoms with Crippen LogP contribution in [0, 0.1) is 11.8 Å². The molecule has 0 aliphatic carbocycles. The Balaban J connectivity index is 2.36. The van der Waals surface area contributed by atoms with Crippen molar-refractivity contribution in [2.24, 2.45) is 0 Å². The van der Waals surface area contributed by atoms with Gasteiger partial charge >= 0.3 is 11.8 Å². The molecule has 1 aliphatic rings. The highest BCUT2D eigenvalue weighted by Gasteiger charge is 2.26. The van der Waals surface area contributed by atoms with Crippen LogP contribution in [-0.2, 0) is 4.74 Å². The number of hydrogen-bond donors (Lipinski definition) is 1. The van der Waals surface area contributed by atoms with Gasteiger partial charge in [0, 0.05) is 12.1 Å². The van der Waals surface area contributed by atoms with Gasteiger partial charge in [0.25, 0.3) is 4.92 Å². The van der Waals surface area contributed by atoms with E-state index in [1.54, 1.807) is 13.0 Å². The quantitative estimate of drug-likeness (QED) is 0.775. The average Bonchev–Trinajstić information content (AvgIpc) is 2.64. The molecule has 0 spiro atoms. The monoisotopic (exact) mass is 223 g/mol. The van der Waals surface area contributed by atoms with Gasteiger partial charge in [0.2, 0.25) is 0 Å². The van der Waals surface area contributed by atoms with E-state index in [-0.39, 0.29) is 16.7 Å². The van der Waals surface area contributed by atoms with Crippen molar-refractivity contribution in [1.82, 2.24) is 0 Å². The summed E-state index contributed by atoms with van der Waals surface area (Å²) in [6.45, 7) is 2.63. The van der Waals surface area contributed by atoms with E-state index in [4.69, 9.17) is 9.94 Å². The Morgan fingerprint density at radius 2 is 2.25 bits per heavy atom. The second-order valence-electron chi connectivity index (χ2n) is 3.51. The fourth-order valence-corrected chi connectivity index (χ4v) is 1.67. The van der Waals surface area contributed by atoms with Crippen LogP contribution in [0.5, 0.6) is 0 Å². The van der Waals surface area contributed by atoms with E-state index >= 15 is 0 Å². The Labute approximate surface area is 91.6 Å². The molecule has 0 atom stereocenters. The molecule has 16 heavy (non-hydrogen) atoms. The predicted octanol–water partition coefficient (Wildman–Crippen LogP) is 1.75. The first-order valence-corrected chi connectivity index (χ1v) is 4.80. The van der Waals surface area contributed by atoms with Gasteiger partial charge in [0.1, 0.15) is 6.61 Å². The molecule has 1 aliphatic heterocycles. The molecule has 1 amide bonds. The highest BCUT2D eigenvalue weighted by atomic mass is 16.6.